The van der Waals surface area contributed by atoms with E-state index >= 15 is 0 Å². The Labute approximate surface area is 41.2 Å². The lowest BCUT2D eigenvalue weighted by molar-refractivity contribution is -0.107. The summed E-state index contributed by atoms with van der Waals surface area (Å²) in [5.74, 6) is 0. The summed E-state index contributed by atoms with van der Waals surface area (Å²) in [6, 6.07) is 0. The standard InChI is InChI=1S/C4H9OSi/c1-4(6)2-3-5/h3-4H,2,6H2,1H3. The maximum absolute atomic E-state index is 9.62. The first-order valence-corrected chi connectivity index (χ1v) is 2.85. The van der Waals surface area contributed by atoms with E-state index in [4.69, 9.17) is 0 Å². The fourth-order valence-electron chi connectivity index (χ4n) is 0.164. The molecule has 0 aliphatic heterocycles. The van der Waals surface area contributed by atoms with E-state index in [9.17, 15) is 4.79 Å². The maximum atomic E-state index is 9.62. The number of rotatable bonds is 2. The molecule has 0 aromatic carbocycles. The zero-order valence-electron chi connectivity index (χ0n) is 3.98. The van der Waals surface area contributed by atoms with Crippen LogP contribution in [0.5, 0.6) is 0 Å². The molecule has 0 amide bonds. The molecule has 0 saturated carbocycles. The van der Waals surface area contributed by atoms with Gasteiger partial charge in [-0.2, -0.15) is 0 Å². The number of hydrogen-bond donors (Lipinski definition) is 0. The molecule has 0 fully saturated rings. The highest BCUT2D eigenvalue weighted by molar-refractivity contribution is 6.12. The molecule has 0 aliphatic carbocycles. The summed E-state index contributed by atoms with van der Waals surface area (Å²) in [5.41, 5.74) is 0.558. The predicted octanol–water partition coefficient (Wildman–Crippen LogP) is 0.0169. The van der Waals surface area contributed by atoms with Crippen LogP contribution in [0.4, 0.5) is 0 Å². The second-order valence-corrected chi connectivity index (χ2v) is 2.90. The lowest BCUT2D eigenvalue weighted by Gasteiger charge is -1.89. The van der Waals surface area contributed by atoms with E-state index in [0.29, 0.717) is 12.0 Å². The van der Waals surface area contributed by atoms with Gasteiger partial charge in [-0.15, -0.1) is 0 Å². The van der Waals surface area contributed by atoms with Crippen LogP contribution in [-0.4, -0.2) is 16.5 Å². The number of carbonyl (C=O) groups is 1. The molecule has 0 N–H and O–H groups in total. The van der Waals surface area contributed by atoms with E-state index in [2.05, 4.69) is 0 Å². The molecule has 0 saturated heterocycles. The third-order valence-electron chi connectivity index (χ3n) is 0.499. The van der Waals surface area contributed by atoms with Crippen molar-refractivity contribution in [3.05, 3.63) is 0 Å². The van der Waals surface area contributed by atoms with E-state index < -0.39 is 0 Å². The minimum atomic E-state index is 0.558. The molecule has 35 valence electrons. The van der Waals surface area contributed by atoms with Gasteiger partial charge < -0.3 is 4.79 Å². The Kier molecular flexibility index (Phi) is 3.03. The first kappa shape index (κ1) is 5.89. The van der Waals surface area contributed by atoms with Crippen LogP contribution in [0.3, 0.4) is 0 Å². The average molecular weight is 101 g/mol. The van der Waals surface area contributed by atoms with Gasteiger partial charge in [0.1, 0.15) is 6.29 Å². The maximum Gasteiger partial charge on any atom is 0.119 e. The van der Waals surface area contributed by atoms with Crippen molar-refractivity contribution in [3.63, 3.8) is 0 Å². The van der Waals surface area contributed by atoms with Gasteiger partial charge in [-0.05, 0) is 0 Å². The van der Waals surface area contributed by atoms with Gasteiger partial charge >= 0.3 is 0 Å². The van der Waals surface area contributed by atoms with Crippen molar-refractivity contribution in [2.75, 3.05) is 0 Å². The van der Waals surface area contributed by atoms with Crippen molar-refractivity contribution in [2.24, 2.45) is 0 Å². The number of aldehydes is 1. The molecule has 0 heterocycles. The van der Waals surface area contributed by atoms with Crippen molar-refractivity contribution in [1.82, 2.24) is 0 Å². The SMILES string of the molecule is CC([SiH2])CC=O. The van der Waals surface area contributed by atoms with Crippen molar-refractivity contribution in [3.8, 4) is 0 Å². The van der Waals surface area contributed by atoms with E-state index in [1.54, 1.807) is 0 Å². The van der Waals surface area contributed by atoms with Crippen LogP contribution >= 0.6 is 0 Å². The smallest absolute Gasteiger partial charge is 0.119 e. The summed E-state index contributed by atoms with van der Waals surface area (Å²) < 4.78 is 0. The molecule has 0 aromatic heterocycles. The van der Waals surface area contributed by atoms with Crippen LogP contribution < -0.4 is 0 Å². The highest BCUT2D eigenvalue weighted by atomic mass is 28.1. The monoisotopic (exact) mass is 101 g/mol. The van der Waals surface area contributed by atoms with Crippen molar-refractivity contribution in [2.45, 2.75) is 18.9 Å². The van der Waals surface area contributed by atoms with E-state index in [0.717, 1.165) is 6.29 Å². The molecule has 0 bridgehead atoms. The topological polar surface area (TPSA) is 17.1 Å². The van der Waals surface area contributed by atoms with Crippen LogP contribution in [0, 0.1) is 0 Å². The first-order chi connectivity index (χ1) is 2.77. The fraction of sp³-hybridized carbons (Fsp3) is 0.750. The van der Waals surface area contributed by atoms with Crippen LogP contribution in [-0.2, 0) is 4.79 Å². The lowest BCUT2D eigenvalue weighted by atomic mass is 10.4. The average Bonchev–Trinajstić information content (AvgIpc) is 1.35. The fourth-order valence-corrected chi connectivity index (χ4v) is 0.300. The minimum Gasteiger partial charge on any atom is -0.303 e. The van der Waals surface area contributed by atoms with Crippen LogP contribution in [0.25, 0.3) is 0 Å². The van der Waals surface area contributed by atoms with Crippen molar-refractivity contribution in [1.29, 1.82) is 0 Å². The molecular formula is C4H9OSi. The molecule has 0 spiro atoms. The van der Waals surface area contributed by atoms with Gasteiger partial charge in [0.25, 0.3) is 0 Å². The molecule has 6 heavy (non-hydrogen) atoms. The molecule has 0 rings (SSSR count). The van der Waals surface area contributed by atoms with Gasteiger partial charge in [-0.1, -0.05) is 12.5 Å². The second-order valence-electron chi connectivity index (χ2n) is 1.51. The highest BCUT2D eigenvalue weighted by Crippen LogP contribution is 1.96. The van der Waals surface area contributed by atoms with Gasteiger partial charge in [0.15, 0.2) is 0 Å². The minimum absolute atomic E-state index is 0.558. The normalized spacial score (nSPS) is 13.7. The molecule has 1 nitrogen and oxygen atoms in total. The Morgan fingerprint density at radius 2 is 2.50 bits per heavy atom. The van der Waals surface area contributed by atoms with Crippen LogP contribution in [0.15, 0.2) is 0 Å². The summed E-state index contributed by atoms with van der Waals surface area (Å²) in [7, 11) is 1.85. The van der Waals surface area contributed by atoms with Gasteiger partial charge in [0.05, 0.1) is 0 Å². The molecular weight excluding hydrogens is 92.1 g/mol. The Balaban J connectivity index is 2.81. The quantitative estimate of drug-likeness (QED) is 0.354. The Bertz CT molecular complexity index is 42.8. The number of hydrogen-bond acceptors (Lipinski definition) is 1. The summed E-state index contributed by atoms with van der Waals surface area (Å²) >= 11 is 0. The van der Waals surface area contributed by atoms with Crippen molar-refractivity contribution >= 4 is 16.5 Å². The zero-order valence-corrected chi connectivity index (χ0v) is 5.39. The van der Waals surface area contributed by atoms with Crippen LogP contribution in [0.1, 0.15) is 13.3 Å². The molecule has 0 aromatic rings. The summed E-state index contributed by atoms with van der Waals surface area (Å²) in [4.78, 5) is 9.62. The Hall–Kier alpha value is -0.113. The summed E-state index contributed by atoms with van der Waals surface area (Å²) in [6.45, 7) is 2.03. The third kappa shape index (κ3) is 3.89. The van der Waals surface area contributed by atoms with E-state index in [-0.39, 0.29) is 0 Å². The van der Waals surface area contributed by atoms with Gasteiger partial charge in [-0.25, -0.2) is 0 Å². The molecule has 2 heteroatoms. The largest absolute Gasteiger partial charge is 0.303 e. The van der Waals surface area contributed by atoms with E-state index in [1.165, 1.54) is 0 Å². The number of carbonyl (C=O) groups excluding carboxylic acids is 1. The first-order valence-electron chi connectivity index (χ1n) is 2.04. The molecule has 1 atom stereocenters. The lowest BCUT2D eigenvalue weighted by Crippen LogP contribution is -1.83. The van der Waals surface area contributed by atoms with E-state index in [1.807, 2.05) is 17.2 Å². The summed E-state index contributed by atoms with van der Waals surface area (Å²) in [6.07, 6.45) is 1.66. The van der Waals surface area contributed by atoms with Gasteiger partial charge in [-0.3, -0.25) is 0 Å². The molecule has 1 radical (unpaired) electrons. The Morgan fingerprint density at radius 1 is 2.00 bits per heavy atom. The third-order valence-corrected chi connectivity index (χ3v) is 0.832. The van der Waals surface area contributed by atoms with Crippen LogP contribution in [0.2, 0.25) is 5.54 Å². The van der Waals surface area contributed by atoms with Gasteiger partial charge in [0, 0.05) is 16.7 Å². The second kappa shape index (κ2) is 3.09. The highest BCUT2D eigenvalue weighted by Gasteiger charge is 1.86. The van der Waals surface area contributed by atoms with Crippen molar-refractivity contribution < 1.29 is 4.79 Å². The Morgan fingerprint density at radius 3 is 2.50 bits per heavy atom. The predicted molar refractivity (Wildman–Crippen MR) is 28.6 cm³/mol. The summed E-state index contributed by atoms with van der Waals surface area (Å²) in [5, 5.41) is 0. The zero-order chi connectivity index (χ0) is 4.99. The van der Waals surface area contributed by atoms with Gasteiger partial charge in [0.2, 0.25) is 0 Å². The molecule has 1 unspecified atom stereocenters. The molecule has 0 aliphatic rings.